The highest BCUT2D eigenvalue weighted by Gasteiger charge is 2.33. The molecule has 1 aromatic heterocycles. The Balaban J connectivity index is 1.94. The average Bonchev–Trinajstić information content (AvgIpc) is 3.25. The molecule has 0 amide bonds. The van der Waals surface area contributed by atoms with Gasteiger partial charge in [-0.25, -0.2) is 9.78 Å². The molecule has 0 bridgehead atoms. The van der Waals surface area contributed by atoms with Crippen LogP contribution in [0.1, 0.15) is 61.4 Å². The van der Waals surface area contributed by atoms with E-state index in [2.05, 4.69) is 4.98 Å². The number of hydrogen-bond acceptors (Lipinski definition) is 4. The molecule has 0 unspecified atom stereocenters. The first-order chi connectivity index (χ1) is 10.8. The fourth-order valence-corrected chi connectivity index (χ4v) is 2.55. The van der Waals surface area contributed by atoms with Gasteiger partial charge in [0, 0.05) is 5.92 Å². The molecule has 3 rings (SSSR count). The fourth-order valence-electron chi connectivity index (χ4n) is 2.55. The van der Waals surface area contributed by atoms with Gasteiger partial charge in [0.2, 0.25) is 0 Å². The minimum atomic E-state index is -0.563. The van der Waals surface area contributed by atoms with Gasteiger partial charge in [0.1, 0.15) is 17.2 Å². The zero-order valence-corrected chi connectivity index (χ0v) is 13.9. The molecule has 0 aliphatic heterocycles. The topological polar surface area (TPSA) is 70.1 Å². The van der Waals surface area contributed by atoms with Gasteiger partial charge in [0.05, 0.1) is 6.54 Å². The molecule has 5 nitrogen and oxygen atoms in total. The van der Waals surface area contributed by atoms with Crippen LogP contribution in [-0.2, 0) is 11.3 Å². The van der Waals surface area contributed by atoms with Crippen molar-refractivity contribution in [1.82, 2.24) is 9.55 Å². The van der Waals surface area contributed by atoms with E-state index in [1.165, 1.54) is 0 Å². The van der Waals surface area contributed by atoms with E-state index >= 15 is 0 Å². The molecular formula is C18H23N3O2. The largest absolute Gasteiger partial charge is 0.455 e. The Morgan fingerprint density at radius 3 is 2.52 bits per heavy atom. The molecule has 2 N–H and O–H groups in total. The number of anilines is 1. The van der Waals surface area contributed by atoms with Gasteiger partial charge in [-0.15, -0.1) is 0 Å². The fraction of sp³-hybridized carbons (Fsp3) is 0.444. The summed E-state index contributed by atoms with van der Waals surface area (Å²) in [6.45, 7) is 6.13. The van der Waals surface area contributed by atoms with E-state index in [4.69, 9.17) is 10.5 Å². The lowest BCUT2D eigenvalue weighted by atomic mass is 10.2. The Kier molecular flexibility index (Phi) is 3.88. The van der Waals surface area contributed by atoms with Gasteiger partial charge in [-0.2, -0.15) is 0 Å². The van der Waals surface area contributed by atoms with Crippen molar-refractivity contribution < 1.29 is 9.53 Å². The number of nitrogens with zero attached hydrogens (tertiary/aromatic N) is 2. The Hall–Kier alpha value is -2.30. The first-order valence-corrected chi connectivity index (χ1v) is 7.98. The molecule has 0 saturated heterocycles. The predicted molar refractivity (Wildman–Crippen MR) is 89.3 cm³/mol. The van der Waals surface area contributed by atoms with Crippen molar-refractivity contribution in [2.45, 2.75) is 51.7 Å². The molecule has 122 valence electrons. The minimum absolute atomic E-state index is 0.234. The first-order valence-electron chi connectivity index (χ1n) is 7.98. The van der Waals surface area contributed by atoms with Gasteiger partial charge < -0.3 is 15.0 Å². The lowest BCUT2D eigenvalue weighted by Gasteiger charge is -2.18. The number of hydrogen-bond donors (Lipinski definition) is 1. The van der Waals surface area contributed by atoms with E-state index in [0.29, 0.717) is 18.3 Å². The summed E-state index contributed by atoms with van der Waals surface area (Å²) in [6.07, 6.45) is 2.19. The number of carbonyl (C=O) groups excluding carboxylic acids is 1. The molecule has 0 atom stereocenters. The SMILES string of the molecule is CC(C)(C)OC(=O)c1nc(C2CC2)n(Cc2ccccc2)c1N. The molecule has 1 aliphatic rings. The van der Waals surface area contributed by atoms with Crippen molar-refractivity contribution in [3.05, 3.63) is 47.4 Å². The number of nitrogen functional groups attached to an aromatic ring is 1. The van der Waals surface area contributed by atoms with Crippen molar-refractivity contribution in [2.75, 3.05) is 5.73 Å². The van der Waals surface area contributed by atoms with Crippen LogP contribution in [0.2, 0.25) is 0 Å². The number of esters is 1. The quantitative estimate of drug-likeness (QED) is 0.879. The van der Waals surface area contributed by atoms with Crippen LogP contribution in [0.3, 0.4) is 0 Å². The molecule has 0 radical (unpaired) electrons. The molecule has 1 heterocycles. The highest BCUT2D eigenvalue weighted by molar-refractivity contribution is 5.92. The molecule has 23 heavy (non-hydrogen) atoms. The molecule has 1 aliphatic carbocycles. The molecule has 0 spiro atoms. The number of benzene rings is 1. The Bertz CT molecular complexity index is 710. The minimum Gasteiger partial charge on any atom is -0.455 e. The van der Waals surface area contributed by atoms with Crippen LogP contribution in [-0.4, -0.2) is 21.1 Å². The number of imidazole rings is 1. The molecule has 1 fully saturated rings. The monoisotopic (exact) mass is 313 g/mol. The van der Waals surface area contributed by atoms with Crippen LogP contribution in [0.25, 0.3) is 0 Å². The second-order valence-corrected chi connectivity index (χ2v) is 7.05. The average molecular weight is 313 g/mol. The van der Waals surface area contributed by atoms with Gasteiger partial charge in [0.15, 0.2) is 5.69 Å². The van der Waals surface area contributed by atoms with Gasteiger partial charge in [-0.3, -0.25) is 0 Å². The summed E-state index contributed by atoms with van der Waals surface area (Å²) in [5, 5.41) is 0. The lowest BCUT2D eigenvalue weighted by Crippen LogP contribution is -2.24. The van der Waals surface area contributed by atoms with E-state index in [1.54, 1.807) is 0 Å². The van der Waals surface area contributed by atoms with E-state index in [0.717, 1.165) is 24.2 Å². The standard InChI is InChI=1S/C18H23N3O2/c1-18(2,3)23-17(22)14-15(19)21(16(20-14)13-9-10-13)11-12-7-5-4-6-8-12/h4-8,13H,9-11,19H2,1-3H3. The number of ether oxygens (including phenoxy) is 1. The Morgan fingerprint density at radius 2 is 1.96 bits per heavy atom. The van der Waals surface area contributed by atoms with Crippen molar-refractivity contribution >= 4 is 11.8 Å². The summed E-state index contributed by atoms with van der Waals surface area (Å²) in [7, 11) is 0. The number of carbonyl (C=O) groups is 1. The third-order valence-electron chi connectivity index (χ3n) is 3.75. The maximum absolute atomic E-state index is 12.4. The summed E-state index contributed by atoms with van der Waals surface area (Å²) in [5.41, 5.74) is 7.04. The van der Waals surface area contributed by atoms with Crippen LogP contribution in [0.5, 0.6) is 0 Å². The number of rotatable bonds is 4. The summed E-state index contributed by atoms with van der Waals surface area (Å²) >= 11 is 0. The van der Waals surface area contributed by atoms with Crippen LogP contribution in [0.4, 0.5) is 5.82 Å². The zero-order chi connectivity index (χ0) is 16.6. The number of aromatic nitrogens is 2. The zero-order valence-electron chi connectivity index (χ0n) is 13.9. The van der Waals surface area contributed by atoms with Crippen molar-refractivity contribution in [3.63, 3.8) is 0 Å². The molecular weight excluding hydrogens is 290 g/mol. The summed E-state index contributed by atoms with van der Waals surface area (Å²) < 4.78 is 7.38. The maximum Gasteiger partial charge on any atom is 0.361 e. The van der Waals surface area contributed by atoms with Gasteiger partial charge in [-0.1, -0.05) is 30.3 Å². The lowest BCUT2D eigenvalue weighted by molar-refractivity contribution is 0.00645. The van der Waals surface area contributed by atoms with Gasteiger partial charge >= 0.3 is 5.97 Å². The highest BCUT2D eigenvalue weighted by Crippen LogP contribution is 2.41. The molecule has 1 aromatic carbocycles. The summed E-state index contributed by atoms with van der Waals surface area (Å²) in [6, 6.07) is 10.1. The van der Waals surface area contributed by atoms with E-state index in [1.807, 2.05) is 55.7 Å². The summed E-state index contributed by atoms with van der Waals surface area (Å²) in [5.74, 6) is 1.23. The normalized spacial score (nSPS) is 14.7. The van der Waals surface area contributed by atoms with Crippen LogP contribution in [0, 0.1) is 0 Å². The molecule has 2 aromatic rings. The Morgan fingerprint density at radius 1 is 1.30 bits per heavy atom. The van der Waals surface area contributed by atoms with Crippen LogP contribution < -0.4 is 5.73 Å². The van der Waals surface area contributed by atoms with Crippen molar-refractivity contribution in [1.29, 1.82) is 0 Å². The second kappa shape index (κ2) is 5.72. The van der Waals surface area contributed by atoms with Crippen molar-refractivity contribution in [3.8, 4) is 0 Å². The van der Waals surface area contributed by atoms with E-state index in [9.17, 15) is 4.79 Å². The highest BCUT2D eigenvalue weighted by atomic mass is 16.6. The van der Waals surface area contributed by atoms with E-state index in [-0.39, 0.29) is 5.69 Å². The Labute approximate surface area is 136 Å². The van der Waals surface area contributed by atoms with Crippen molar-refractivity contribution in [2.24, 2.45) is 0 Å². The van der Waals surface area contributed by atoms with Crippen LogP contribution >= 0.6 is 0 Å². The summed E-state index contributed by atoms with van der Waals surface area (Å²) in [4.78, 5) is 16.9. The first kappa shape index (κ1) is 15.6. The second-order valence-electron chi connectivity index (χ2n) is 7.05. The van der Waals surface area contributed by atoms with Crippen LogP contribution in [0.15, 0.2) is 30.3 Å². The smallest absolute Gasteiger partial charge is 0.361 e. The third-order valence-corrected chi connectivity index (χ3v) is 3.75. The molecule has 1 saturated carbocycles. The molecule has 5 heteroatoms. The van der Waals surface area contributed by atoms with E-state index < -0.39 is 11.6 Å². The predicted octanol–water partition coefficient (Wildman–Crippen LogP) is 3.35. The third kappa shape index (κ3) is 3.55. The van der Waals surface area contributed by atoms with Gasteiger partial charge in [0.25, 0.3) is 0 Å². The maximum atomic E-state index is 12.4. The van der Waals surface area contributed by atoms with Gasteiger partial charge in [-0.05, 0) is 39.2 Å². The number of nitrogens with two attached hydrogens (primary N) is 1.